The highest BCUT2D eigenvalue weighted by molar-refractivity contribution is 9.10. The summed E-state index contributed by atoms with van der Waals surface area (Å²) in [6, 6.07) is 16.2. The molecule has 2 aromatic carbocycles. The van der Waals surface area contributed by atoms with Gasteiger partial charge in [-0.05, 0) is 141 Å². The molecular weight excluding hydrogens is 1010 g/mol. The van der Waals surface area contributed by atoms with E-state index in [0.29, 0.717) is 46.4 Å². The first-order chi connectivity index (χ1) is 34.3. The van der Waals surface area contributed by atoms with Crippen molar-refractivity contribution < 1.29 is 47.4 Å². The molecular formula is C46H56BBrF2N14O8. The summed E-state index contributed by atoms with van der Waals surface area (Å²) in [6.07, 6.45) is 0.885. The van der Waals surface area contributed by atoms with Gasteiger partial charge in [-0.3, -0.25) is 19.8 Å². The van der Waals surface area contributed by atoms with Gasteiger partial charge in [0.15, 0.2) is 0 Å². The zero-order valence-corrected chi connectivity index (χ0v) is 42.6. The average molecular weight is 1060 g/mol. The molecule has 0 saturated carbocycles. The van der Waals surface area contributed by atoms with Gasteiger partial charge in [-0.15, -0.1) is 10.2 Å². The molecule has 0 bridgehead atoms. The number of tetrazole rings is 2. The fourth-order valence-electron chi connectivity index (χ4n) is 7.27. The van der Waals surface area contributed by atoms with Crippen molar-refractivity contribution in [2.24, 2.45) is 0 Å². The van der Waals surface area contributed by atoms with E-state index in [4.69, 9.17) is 29.0 Å². The molecule has 2 amide bonds. The fraction of sp³-hybridized carbons (Fsp3) is 0.435. The molecule has 7 heterocycles. The van der Waals surface area contributed by atoms with Crippen molar-refractivity contribution >= 4 is 52.1 Å². The van der Waals surface area contributed by atoms with E-state index in [2.05, 4.69) is 61.8 Å². The number of aliphatic hydroxyl groups excluding tert-OH is 2. The highest BCUT2D eigenvalue weighted by Gasteiger charge is 2.52. The second-order valence-electron chi connectivity index (χ2n) is 18.4. The molecule has 6 aromatic rings. The zero-order valence-electron chi connectivity index (χ0n) is 41.1. The topological polar surface area (TPSA) is 237 Å². The van der Waals surface area contributed by atoms with Crippen LogP contribution < -0.4 is 15.3 Å². The Morgan fingerprint density at radius 1 is 0.694 bits per heavy atom. The number of benzene rings is 2. The number of cyclic esters (lactones) is 2. The Kier molecular flexibility index (Phi) is 17.0. The van der Waals surface area contributed by atoms with Crippen molar-refractivity contribution in [1.82, 2.24) is 60.2 Å². The zero-order chi connectivity index (χ0) is 51.9. The molecule has 3 saturated heterocycles. The van der Waals surface area contributed by atoms with Gasteiger partial charge in [0.05, 0.1) is 62.0 Å². The minimum Gasteiger partial charge on any atom is -0.441 e. The second-order valence-corrected chi connectivity index (χ2v) is 19.3. The van der Waals surface area contributed by atoms with Crippen molar-refractivity contribution in [1.29, 1.82) is 0 Å². The molecule has 4 aromatic heterocycles. The van der Waals surface area contributed by atoms with Gasteiger partial charge in [-0.2, -0.15) is 0 Å². The lowest BCUT2D eigenvalue weighted by Gasteiger charge is -2.32. The van der Waals surface area contributed by atoms with Crippen LogP contribution in [0, 0.1) is 11.6 Å². The molecule has 0 unspecified atom stereocenters. The third kappa shape index (κ3) is 12.6. The molecule has 22 nitrogen and oxygen atoms in total. The number of rotatable bonds is 14. The van der Waals surface area contributed by atoms with E-state index in [0.717, 1.165) is 29.8 Å². The van der Waals surface area contributed by atoms with Crippen LogP contribution in [0.1, 0.15) is 27.7 Å². The minimum absolute atomic E-state index is 0.174. The van der Waals surface area contributed by atoms with Crippen LogP contribution >= 0.6 is 15.9 Å². The third-order valence-electron chi connectivity index (χ3n) is 12.1. The number of aromatic nitrogens is 10. The van der Waals surface area contributed by atoms with Crippen molar-refractivity contribution in [3.63, 3.8) is 0 Å². The van der Waals surface area contributed by atoms with Crippen LogP contribution in [0.3, 0.4) is 0 Å². The minimum atomic E-state index is -0.806. The van der Waals surface area contributed by atoms with Crippen molar-refractivity contribution in [3.8, 4) is 34.2 Å². The molecule has 3 fully saturated rings. The molecule has 26 heteroatoms. The number of nitrogens with zero attached hydrogens (tertiary/aromatic N) is 14. The Labute approximate surface area is 423 Å². The number of halogens is 3. The predicted molar refractivity (Wildman–Crippen MR) is 264 cm³/mol. The third-order valence-corrected chi connectivity index (χ3v) is 12.5. The first kappa shape index (κ1) is 53.4. The van der Waals surface area contributed by atoms with E-state index >= 15 is 0 Å². The van der Waals surface area contributed by atoms with Gasteiger partial charge in [-0.1, -0.05) is 12.1 Å². The predicted octanol–water partition coefficient (Wildman–Crippen LogP) is 3.92. The Balaban J connectivity index is 0.000000166. The molecule has 3 aliphatic rings. The molecule has 0 spiro atoms. The normalized spacial score (nSPS) is 18.0. The number of hydrogen-bond donors (Lipinski definition) is 2. The van der Waals surface area contributed by atoms with Crippen LogP contribution in [0.15, 0.2) is 77.5 Å². The van der Waals surface area contributed by atoms with Crippen LogP contribution in [-0.2, 0) is 31.9 Å². The van der Waals surface area contributed by atoms with Crippen LogP contribution in [0.5, 0.6) is 0 Å². The first-order valence-corrected chi connectivity index (χ1v) is 23.6. The Morgan fingerprint density at radius 2 is 1.18 bits per heavy atom. The summed E-state index contributed by atoms with van der Waals surface area (Å²) < 4.78 is 55.4. The van der Waals surface area contributed by atoms with Crippen molar-refractivity contribution in [2.45, 2.75) is 64.2 Å². The lowest BCUT2D eigenvalue weighted by molar-refractivity contribution is 0.00578. The summed E-state index contributed by atoms with van der Waals surface area (Å²) in [5, 5.41) is 41.6. The first-order valence-electron chi connectivity index (χ1n) is 22.8. The van der Waals surface area contributed by atoms with Gasteiger partial charge in [0.2, 0.25) is 11.6 Å². The largest absolute Gasteiger partial charge is 0.497 e. The smallest absolute Gasteiger partial charge is 0.441 e. The van der Waals surface area contributed by atoms with E-state index < -0.39 is 54.3 Å². The monoisotopic (exact) mass is 1060 g/mol. The highest BCUT2D eigenvalue weighted by Crippen LogP contribution is 2.37. The molecule has 2 N–H and O–H groups in total. The molecule has 72 heavy (non-hydrogen) atoms. The second kappa shape index (κ2) is 23.0. The molecule has 0 aliphatic carbocycles. The number of anilines is 2. The number of hydrogen-bond acceptors (Lipinski definition) is 18. The van der Waals surface area contributed by atoms with Gasteiger partial charge >= 0.3 is 19.3 Å². The van der Waals surface area contributed by atoms with Gasteiger partial charge < -0.3 is 38.8 Å². The van der Waals surface area contributed by atoms with Gasteiger partial charge in [0.1, 0.15) is 35.2 Å². The van der Waals surface area contributed by atoms with E-state index in [1.165, 1.54) is 21.9 Å². The van der Waals surface area contributed by atoms with E-state index in [-0.39, 0.29) is 31.8 Å². The number of ether oxygens (including phenoxy) is 2. The maximum Gasteiger partial charge on any atom is 0.497 e. The van der Waals surface area contributed by atoms with Crippen LogP contribution in [0.25, 0.3) is 34.2 Å². The van der Waals surface area contributed by atoms with E-state index in [1.54, 1.807) is 58.2 Å². The number of pyridine rings is 2. The maximum absolute atomic E-state index is 14.8. The van der Waals surface area contributed by atoms with E-state index in [9.17, 15) is 18.4 Å². The quantitative estimate of drug-likeness (QED) is 0.147. The lowest BCUT2D eigenvalue weighted by atomic mass is 9.78. The Hall–Kier alpha value is -6.42. The van der Waals surface area contributed by atoms with Crippen LogP contribution in [0.4, 0.5) is 29.7 Å². The molecule has 2 atom stereocenters. The molecule has 0 radical (unpaired) electrons. The number of likely N-dealkylation sites (N-methyl/N-ethyl adjacent to an activating group) is 2. The number of carbonyl (C=O) groups excluding carboxylic acids is 2. The Bertz CT molecular complexity index is 2790. The standard InChI is InChI=1S/C20H22FN7O3.C16H21BFNO5.C10H13BrN6/c1-26(2)7-8-28-19(23-24-25-28)18-6-3-13(10-22-18)16-5-4-14(9-17(16)21)27-11-15(12-29)31-20(27)30;1-15(2)16(3,4)24-17(23-15)12-6-5-10(7-13(12)18)19-8-11(9-20)22-14(19)21;1-16(2)5-6-17-10(13-14-15-17)9-4-3-8(11)7-12-9/h3-6,9-10,15,29H,7-8,11-12H2,1-2H3;5-7,11,20H,8-9H2,1-4H3;3-4,7H,5-6H2,1-2H3/t15-;11-;/m11./s1. The summed E-state index contributed by atoms with van der Waals surface area (Å²) in [6.45, 7) is 10.4. The summed E-state index contributed by atoms with van der Waals surface area (Å²) in [7, 11) is 7.16. The molecule has 9 rings (SSSR count). The van der Waals surface area contributed by atoms with Crippen LogP contribution in [0.2, 0.25) is 0 Å². The summed E-state index contributed by atoms with van der Waals surface area (Å²) >= 11 is 3.35. The summed E-state index contributed by atoms with van der Waals surface area (Å²) in [5.41, 5.74) is 2.19. The van der Waals surface area contributed by atoms with Gasteiger partial charge in [-0.25, -0.2) is 27.7 Å². The Morgan fingerprint density at radius 3 is 1.60 bits per heavy atom. The van der Waals surface area contributed by atoms with Crippen molar-refractivity contribution in [2.75, 3.05) is 77.4 Å². The maximum atomic E-state index is 14.8. The van der Waals surface area contributed by atoms with E-state index in [1.807, 2.05) is 72.9 Å². The average Bonchev–Trinajstić information content (AvgIpc) is 4.19. The van der Waals surface area contributed by atoms with Crippen LogP contribution in [-0.4, -0.2) is 181 Å². The van der Waals surface area contributed by atoms with Gasteiger partial charge in [0, 0.05) is 46.5 Å². The molecule has 382 valence electrons. The van der Waals surface area contributed by atoms with Crippen molar-refractivity contribution in [3.05, 3.63) is 89.2 Å². The fourth-order valence-corrected chi connectivity index (χ4v) is 7.50. The van der Waals surface area contributed by atoms with Gasteiger partial charge in [0.25, 0.3) is 0 Å². The number of aliphatic hydroxyl groups is 2. The summed E-state index contributed by atoms with van der Waals surface area (Å²) in [4.78, 5) is 39.1. The SMILES string of the molecule is CC1(C)OB(c2ccc(N3C[C@H](CO)OC3=O)cc2F)OC1(C)C.CN(C)CCn1nnnc1-c1ccc(-c2ccc(N3C[C@H](CO)OC3=O)cc2F)cn1.CN(C)CCn1nnnc1-c1ccc(Br)cn1. The number of carbonyl (C=O) groups is 2. The number of amides is 2. The highest BCUT2D eigenvalue weighted by atomic mass is 79.9. The molecule has 3 aliphatic heterocycles. The summed E-state index contributed by atoms with van der Waals surface area (Å²) in [5.74, 6) is 0.212. The lowest BCUT2D eigenvalue weighted by Crippen LogP contribution is -2.41.